The van der Waals surface area contributed by atoms with Crippen LogP contribution in [0.15, 0.2) is 24.3 Å². The van der Waals surface area contributed by atoms with E-state index in [0.717, 1.165) is 0 Å². The first-order valence-electron chi connectivity index (χ1n) is 6.42. The highest BCUT2D eigenvalue weighted by atomic mass is 16.3. The molecule has 1 fully saturated rings. The van der Waals surface area contributed by atoms with E-state index in [-0.39, 0.29) is 19.7 Å². The summed E-state index contributed by atoms with van der Waals surface area (Å²) in [5.74, 6) is 4.16. The van der Waals surface area contributed by atoms with Gasteiger partial charge in [-0.3, -0.25) is 19.7 Å². The van der Waals surface area contributed by atoms with Crippen LogP contribution in [0.4, 0.5) is 0 Å². The predicted octanol–water partition coefficient (Wildman–Crippen LogP) is -0.481. The Hall–Kier alpha value is -2.65. The van der Waals surface area contributed by atoms with E-state index in [9.17, 15) is 14.4 Å². The molecule has 1 aromatic carbocycles. The van der Waals surface area contributed by atoms with Gasteiger partial charge in [-0.05, 0) is 12.1 Å². The van der Waals surface area contributed by atoms with Gasteiger partial charge in [-0.25, -0.2) is 0 Å². The Balaban J connectivity index is 2.25. The fourth-order valence-electron chi connectivity index (χ4n) is 1.94. The number of benzene rings is 1. The van der Waals surface area contributed by atoms with Crippen LogP contribution in [-0.4, -0.2) is 47.4 Å². The first kappa shape index (κ1) is 14.8. The predicted molar refractivity (Wildman–Crippen MR) is 74.1 cm³/mol. The third kappa shape index (κ3) is 3.68. The second-order valence-corrected chi connectivity index (χ2v) is 4.45. The summed E-state index contributed by atoms with van der Waals surface area (Å²) >= 11 is 0. The quantitative estimate of drug-likeness (QED) is 0.568. The van der Waals surface area contributed by atoms with Crippen LogP contribution in [0.1, 0.15) is 22.3 Å². The number of aliphatic hydroxyl groups is 1. The van der Waals surface area contributed by atoms with E-state index >= 15 is 0 Å². The molecule has 1 aliphatic rings. The zero-order valence-corrected chi connectivity index (χ0v) is 11.3. The maximum absolute atomic E-state index is 12.4. The number of hydrogen-bond donors (Lipinski definition) is 2. The summed E-state index contributed by atoms with van der Waals surface area (Å²) in [6, 6.07) is 6.72. The molecule has 2 N–H and O–H groups in total. The molecule has 1 aliphatic heterocycles. The Morgan fingerprint density at radius 1 is 1.24 bits per heavy atom. The fourth-order valence-corrected chi connectivity index (χ4v) is 1.94. The summed E-state index contributed by atoms with van der Waals surface area (Å²) in [7, 11) is 0. The van der Waals surface area contributed by atoms with E-state index in [2.05, 4.69) is 17.2 Å². The number of carbonyl (C=O) groups excluding carboxylic acids is 3. The van der Waals surface area contributed by atoms with Crippen LogP contribution in [-0.2, 0) is 9.59 Å². The number of imide groups is 1. The van der Waals surface area contributed by atoms with Crippen LogP contribution in [0.3, 0.4) is 0 Å². The molecule has 0 aliphatic carbocycles. The van der Waals surface area contributed by atoms with Crippen LogP contribution < -0.4 is 5.32 Å². The van der Waals surface area contributed by atoms with Crippen molar-refractivity contribution in [1.82, 2.24) is 10.2 Å². The smallest absolute Gasteiger partial charge is 0.256 e. The normalized spacial score (nSPS) is 14.2. The second kappa shape index (κ2) is 6.68. The van der Waals surface area contributed by atoms with E-state index in [4.69, 9.17) is 5.11 Å². The molecule has 0 aromatic heterocycles. The molecule has 21 heavy (non-hydrogen) atoms. The molecule has 1 saturated heterocycles. The van der Waals surface area contributed by atoms with E-state index in [1.165, 1.54) is 4.90 Å². The third-order valence-corrected chi connectivity index (χ3v) is 2.85. The second-order valence-electron chi connectivity index (χ2n) is 4.45. The SMILES string of the molecule is O=C1CN(C(=O)c2ccccc2C#CCCO)CC(=O)N1. The Labute approximate surface area is 121 Å². The van der Waals surface area contributed by atoms with Gasteiger partial charge in [-0.15, -0.1) is 0 Å². The lowest BCUT2D eigenvalue weighted by Gasteiger charge is -2.25. The van der Waals surface area contributed by atoms with Gasteiger partial charge in [0.25, 0.3) is 5.91 Å². The minimum absolute atomic E-state index is 0.0517. The number of amides is 3. The monoisotopic (exact) mass is 286 g/mol. The molecule has 1 aromatic rings. The number of hydrogen-bond acceptors (Lipinski definition) is 4. The topological polar surface area (TPSA) is 86.7 Å². The lowest BCUT2D eigenvalue weighted by molar-refractivity contribution is -0.135. The summed E-state index contributed by atoms with van der Waals surface area (Å²) in [4.78, 5) is 36.3. The molecule has 3 amide bonds. The van der Waals surface area contributed by atoms with E-state index in [1.807, 2.05) is 0 Å². The summed E-state index contributed by atoms with van der Waals surface area (Å²) < 4.78 is 0. The summed E-state index contributed by atoms with van der Waals surface area (Å²) in [6.45, 7) is -0.351. The van der Waals surface area contributed by atoms with E-state index in [1.54, 1.807) is 24.3 Å². The van der Waals surface area contributed by atoms with Gasteiger partial charge in [0.05, 0.1) is 12.2 Å². The van der Waals surface area contributed by atoms with Crippen molar-refractivity contribution in [1.29, 1.82) is 0 Å². The molecule has 0 saturated carbocycles. The molecule has 108 valence electrons. The number of carbonyl (C=O) groups is 3. The van der Waals surface area contributed by atoms with Gasteiger partial charge in [0.2, 0.25) is 11.8 Å². The average molecular weight is 286 g/mol. The van der Waals surface area contributed by atoms with Crippen LogP contribution in [0, 0.1) is 11.8 Å². The Morgan fingerprint density at radius 2 is 1.90 bits per heavy atom. The van der Waals surface area contributed by atoms with Gasteiger partial charge in [0.15, 0.2) is 0 Å². The highest BCUT2D eigenvalue weighted by Crippen LogP contribution is 2.12. The highest BCUT2D eigenvalue weighted by Gasteiger charge is 2.27. The van der Waals surface area contributed by atoms with E-state index in [0.29, 0.717) is 17.5 Å². The Kier molecular flexibility index (Phi) is 4.69. The van der Waals surface area contributed by atoms with Crippen molar-refractivity contribution in [2.45, 2.75) is 6.42 Å². The zero-order valence-electron chi connectivity index (χ0n) is 11.3. The molecule has 2 rings (SSSR count). The standard InChI is InChI=1S/C15H14N2O4/c18-8-4-3-6-11-5-1-2-7-12(11)15(21)17-9-13(19)16-14(20)10-17/h1-2,5,7,18H,4,8-10H2,(H,16,19,20). The molecule has 1 heterocycles. The van der Waals surface area contributed by atoms with Crippen molar-refractivity contribution >= 4 is 17.7 Å². The van der Waals surface area contributed by atoms with Gasteiger partial charge >= 0.3 is 0 Å². The first-order valence-corrected chi connectivity index (χ1v) is 6.42. The van der Waals surface area contributed by atoms with Crippen LogP contribution in [0.2, 0.25) is 0 Å². The van der Waals surface area contributed by atoms with Crippen molar-refractivity contribution < 1.29 is 19.5 Å². The molecular weight excluding hydrogens is 272 g/mol. The lowest BCUT2D eigenvalue weighted by Crippen LogP contribution is -2.53. The van der Waals surface area contributed by atoms with Crippen molar-refractivity contribution in [2.24, 2.45) is 0 Å². The minimum atomic E-state index is -0.497. The Morgan fingerprint density at radius 3 is 2.57 bits per heavy atom. The summed E-state index contributed by atoms with van der Waals surface area (Å²) in [5, 5.41) is 10.9. The highest BCUT2D eigenvalue weighted by molar-refractivity contribution is 6.06. The molecule has 0 spiro atoms. The molecule has 6 nitrogen and oxygen atoms in total. The lowest BCUT2D eigenvalue weighted by atomic mass is 10.1. The molecule has 6 heteroatoms. The van der Waals surface area contributed by atoms with Crippen molar-refractivity contribution in [3.05, 3.63) is 35.4 Å². The van der Waals surface area contributed by atoms with Gasteiger partial charge in [-0.1, -0.05) is 24.0 Å². The van der Waals surface area contributed by atoms with Gasteiger partial charge in [0.1, 0.15) is 13.1 Å². The van der Waals surface area contributed by atoms with Crippen LogP contribution in [0.25, 0.3) is 0 Å². The first-order chi connectivity index (χ1) is 10.1. The number of nitrogens with one attached hydrogen (secondary N) is 1. The van der Waals surface area contributed by atoms with Crippen molar-refractivity contribution in [3.63, 3.8) is 0 Å². The Bertz CT molecular complexity index is 627. The molecular formula is C15H14N2O4. The number of nitrogens with zero attached hydrogens (tertiary/aromatic N) is 1. The zero-order chi connectivity index (χ0) is 15.2. The number of piperazine rings is 1. The van der Waals surface area contributed by atoms with Crippen LogP contribution >= 0.6 is 0 Å². The number of rotatable bonds is 2. The molecule has 0 bridgehead atoms. The average Bonchev–Trinajstić information content (AvgIpc) is 2.46. The molecule has 0 unspecified atom stereocenters. The van der Waals surface area contributed by atoms with Gasteiger partial charge in [-0.2, -0.15) is 0 Å². The molecule has 0 atom stereocenters. The maximum atomic E-state index is 12.4. The summed E-state index contributed by atoms with van der Waals surface area (Å²) in [5.41, 5.74) is 0.847. The third-order valence-electron chi connectivity index (χ3n) is 2.85. The van der Waals surface area contributed by atoms with Crippen LogP contribution in [0.5, 0.6) is 0 Å². The number of aliphatic hydroxyl groups excluding tert-OH is 1. The van der Waals surface area contributed by atoms with Gasteiger partial charge < -0.3 is 10.0 Å². The maximum Gasteiger partial charge on any atom is 0.256 e. The molecule has 0 radical (unpaired) electrons. The fraction of sp³-hybridized carbons (Fsp3) is 0.267. The van der Waals surface area contributed by atoms with Crippen molar-refractivity contribution in [2.75, 3.05) is 19.7 Å². The summed E-state index contributed by atoms with van der Waals surface area (Å²) in [6.07, 6.45) is 0.313. The van der Waals surface area contributed by atoms with Crippen molar-refractivity contribution in [3.8, 4) is 11.8 Å². The largest absolute Gasteiger partial charge is 0.395 e. The van der Waals surface area contributed by atoms with E-state index < -0.39 is 17.7 Å². The minimum Gasteiger partial charge on any atom is -0.395 e. The van der Waals surface area contributed by atoms with Gasteiger partial charge in [0, 0.05) is 12.0 Å².